The van der Waals surface area contributed by atoms with Crippen molar-refractivity contribution in [3.05, 3.63) is 58.6 Å². The van der Waals surface area contributed by atoms with Crippen LogP contribution in [0.1, 0.15) is 31.6 Å². The topological polar surface area (TPSA) is 135 Å². The van der Waals surface area contributed by atoms with E-state index >= 15 is 0 Å². The summed E-state index contributed by atoms with van der Waals surface area (Å²) in [5.74, 6) is 1.21. The molecule has 0 unspecified atom stereocenters. The largest absolute Gasteiger partial charge is 0.471 e. The van der Waals surface area contributed by atoms with E-state index in [2.05, 4.69) is 30.0 Å². The molecule has 2 fully saturated rings. The second kappa shape index (κ2) is 10.7. The number of halogens is 2. The van der Waals surface area contributed by atoms with Crippen LogP contribution in [0.4, 0.5) is 10.7 Å². The number of ether oxygens (including phenoxy) is 2. The molecule has 1 aromatic carbocycles. The molecule has 1 spiro atoms. The van der Waals surface area contributed by atoms with Crippen LogP contribution < -0.4 is 15.4 Å². The number of hydrogen-bond acceptors (Lipinski definition) is 9. The fraction of sp³-hybridized carbons (Fsp3) is 0.370. The zero-order chi connectivity index (χ0) is 27.9. The molecule has 1 amide bonds. The first-order valence-corrected chi connectivity index (χ1v) is 13.8. The lowest BCUT2D eigenvalue weighted by Gasteiger charge is -2.53. The summed E-state index contributed by atoms with van der Waals surface area (Å²) in [6, 6.07) is 5.52. The van der Waals surface area contributed by atoms with Gasteiger partial charge in [0.2, 0.25) is 5.95 Å². The minimum Gasteiger partial charge on any atom is -0.471 e. The van der Waals surface area contributed by atoms with Crippen LogP contribution in [0.15, 0.2) is 43.0 Å². The Morgan fingerprint density at radius 1 is 1.12 bits per heavy atom. The van der Waals surface area contributed by atoms with Crippen molar-refractivity contribution in [2.45, 2.75) is 26.0 Å². The predicted octanol–water partition coefficient (Wildman–Crippen LogP) is 4.82. The molecule has 2 saturated heterocycles. The Kier molecular flexibility index (Phi) is 7.11. The number of nitrogens with two attached hydrogens (primary N) is 1. The highest BCUT2D eigenvalue weighted by Crippen LogP contribution is 2.42. The molecule has 208 valence electrons. The van der Waals surface area contributed by atoms with Crippen LogP contribution in [-0.4, -0.2) is 68.9 Å². The van der Waals surface area contributed by atoms with Gasteiger partial charge in [-0.1, -0.05) is 23.2 Å². The molecule has 40 heavy (non-hydrogen) atoms. The van der Waals surface area contributed by atoms with Crippen LogP contribution in [0.5, 0.6) is 5.75 Å². The normalized spacial score (nSPS) is 17.1. The Morgan fingerprint density at radius 3 is 2.50 bits per heavy atom. The van der Waals surface area contributed by atoms with Crippen molar-refractivity contribution >= 4 is 46.1 Å². The highest BCUT2D eigenvalue weighted by atomic mass is 35.5. The highest BCUT2D eigenvalue weighted by molar-refractivity contribution is 6.35. The van der Waals surface area contributed by atoms with E-state index in [-0.39, 0.29) is 11.5 Å². The molecule has 1 atom stereocenters. The molecule has 5 heterocycles. The van der Waals surface area contributed by atoms with Crippen LogP contribution in [0.3, 0.4) is 0 Å². The maximum absolute atomic E-state index is 12.0. The van der Waals surface area contributed by atoms with Crippen LogP contribution in [0.2, 0.25) is 10.0 Å². The Bertz CT molecular complexity index is 1510. The maximum atomic E-state index is 12.0. The summed E-state index contributed by atoms with van der Waals surface area (Å²) in [7, 11) is 0. The molecule has 0 bridgehead atoms. The van der Waals surface area contributed by atoms with Gasteiger partial charge in [0.05, 0.1) is 22.2 Å². The fourth-order valence-electron chi connectivity index (χ4n) is 5.39. The molecular weight excluding hydrogens is 555 g/mol. The summed E-state index contributed by atoms with van der Waals surface area (Å²) in [6.45, 7) is 5.42. The lowest BCUT2D eigenvalue weighted by atomic mass is 9.72. The molecule has 11 nitrogen and oxygen atoms in total. The molecule has 6 rings (SSSR count). The summed E-state index contributed by atoms with van der Waals surface area (Å²) in [5, 5.41) is 9.03. The van der Waals surface area contributed by atoms with Gasteiger partial charge in [-0.25, -0.2) is 14.8 Å². The minimum atomic E-state index is -0.879. The van der Waals surface area contributed by atoms with E-state index in [0.29, 0.717) is 39.6 Å². The number of carbonyl (C=O) groups is 1. The number of aromatic nitrogens is 5. The van der Waals surface area contributed by atoms with Gasteiger partial charge < -0.3 is 19.3 Å². The number of H-pyrrole nitrogens is 1. The predicted molar refractivity (Wildman–Crippen MR) is 151 cm³/mol. The van der Waals surface area contributed by atoms with Crippen LogP contribution in [-0.2, 0) is 4.74 Å². The van der Waals surface area contributed by atoms with E-state index in [9.17, 15) is 4.79 Å². The van der Waals surface area contributed by atoms with Gasteiger partial charge in [0.1, 0.15) is 11.4 Å². The van der Waals surface area contributed by atoms with Crippen molar-refractivity contribution in [3.8, 4) is 17.0 Å². The third-order valence-electron chi connectivity index (χ3n) is 7.57. The second-order valence-electron chi connectivity index (χ2n) is 10.1. The van der Waals surface area contributed by atoms with Crippen LogP contribution in [0.25, 0.3) is 22.2 Å². The lowest BCUT2D eigenvalue weighted by molar-refractivity contribution is 0.0547. The minimum absolute atomic E-state index is 0.200. The van der Waals surface area contributed by atoms with Crippen molar-refractivity contribution in [2.75, 3.05) is 37.7 Å². The van der Waals surface area contributed by atoms with Gasteiger partial charge in [-0.2, -0.15) is 5.10 Å². The number of hydrogen-bond donors (Lipinski definition) is 2. The number of rotatable bonds is 6. The number of amides is 1. The first-order chi connectivity index (χ1) is 19.4. The van der Waals surface area contributed by atoms with Gasteiger partial charge in [-0.3, -0.25) is 15.8 Å². The van der Waals surface area contributed by atoms with Crippen molar-refractivity contribution in [1.29, 1.82) is 0 Å². The van der Waals surface area contributed by atoms with Gasteiger partial charge in [0.15, 0.2) is 6.23 Å². The third-order valence-corrected chi connectivity index (χ3v) is 8.17. The Balaban J connectivity index is 1.13. The highest BCUT2D eigenvalue weighted by Gasteiger charge is 2.46. The summed E-state index contributed by atoms with van der Waals surface area (Å²) < 4.78 is 11.1. The maximum Gasteiger partial charge on any atom is 0.409 e. The van der Waals surface area contributed by atoms with Gasteiger partial charge in [-0.15, -0.1) is 0 Å². The standard InChI is InChI=1S/C27H28Cl2N8O3/c1-2-39-26(38)36-7-5-27(6-8-36)14-37(15-27)25-32-10-16(11-33-25)23-18-9-17(3-4-21(18)34-35-23)40-24(30)22-19(28)12-31-13-20(22)29/h3-4,9-13,24H,2,5-8,14-15,30H2,1H3,(H,34,35)/t24-/m0/s1. The average molecular weight is 583 g/mol. The van der Waals surface area contributed by atoms with E-state index in [1.54, 1.807) is 23.4 Å². The zero-order valence-corrected chi connectivity index (χ0v) is 23.3. The summed E-state index contributed by atoms with van der Waals surface area (Å²) in [4.78, 5) is 29.2. The summed E-state index contributed by atoms with van der Waals surface area (Å²) in [6.07, 6.45) is 7.31. The number of fused-ring (bicyclic) bond motifs is 1. The van der Waals surface area contributed by atoms with E-state index in [4.69, 9.17) is 38.4 Å². The molecule has 0 aliphatic carbocycles. The first-order valence-electron chi connectivity index (χ1n) is 13.0. The van der Waals surface area contributed by atoms with Crippen molar-refractivity contribution in [3.63, 3.8) is 0 Å². The van der Waals surface area contributed by atoms with Gasteiger partial charge in [0.25, 0.3) is 0 Å². The number of aromatic amines is 1. The van der Waals surface area contributed by atoms with E-state index < -0.39 is 6.23 Å². The van der Waals surface area contributed by atoms with Gasteiger partial charge in [0, 0.05) is 72.9 Å². The summed E-state index contributed by atoms with van der Waals surface area (Å²) in [5.41, 5.74) is 9.23. The number of pyridine rings is 1. The van der Waals surface area contributed by atoms with E-state index in [1.165, 1.54) is 12.4 Å². The second-order valence-corrected chi connectivity index (χ2v) is 11.0. The summed E-state index contributed by atoms with van der Waals surface area (Å²) >= 11 is 12.5. The Morgan fingerprint density at radius 2 is 1.82 bits per heavy atom. The molecule has 0 radical (unpaired) electrons. The van der Waals surface area contributed by atoms with Gasteiger partial charge >= 0.3 is 6.09 Å². The van der Waals surface area contributed by atoms with Gasteiger partial charge in [-0.05, 0) is 38.0 Å². The Labute approximate surface area is 240 Å². The molecule has 4 aromatic rings. The van der Waals surface area contributed by atoms with Crippen LogP contribution >= 0.6 is 23.2 Å². The first kappa shape index (κ1) is 26.5. The molecule has 3 aromatic heterocycles. The van der Waals surface area contributed by atoms with Crippen molar-refractivity contribution in [2.24, 2.45) is 11.1 Å². The number of benzene rings is 1. The monoisotopic (exact) mass is 582 g/mol. The van der Waals surface area contributed by atoms with Crippen LogP contribution in [0, 0.1) is 5.41 Å². The number of piperidine rings is 1. The average Bonchev–Trinajstić information content (AvgIpc) is 3.35. The lowest BCUT2D eigenvalue weighted by Crippen LogP contribution is -2.61. The number of nitrogens with zero attached hydrogens (tertiary/aromatic N) is 6. The third kappa shape index (κ3) is 5.00. The number of carbonyl (C=O) groups excluding carboxylic acids is 1. The number of anilines is 1. The quantitative estimate of drug-likeness (QED) is 0.307. The zero-order valence-electron chi connectivity index (χ0n) is 21.8. The molecule has 13 heteroatoms. The SMILES string of the molecule is CCOC(=O)N1CCC2(CC1)CN(c1ncc(-c3n[nH]c4ccc(O[C@H](N)c5c(Cl)cncc5Cl)cc34)cn1)C2. The fourth-order valence-corrected chi connectivity index (χ4v) is 5.97. The molecule has 3 N–H and O–H groups in total. The molecule has 2 aliphatic heterocycles. The smallest absolute Gasteiger partial charge is 0.409 e. The molecule has 2 aliphatic rings. The van der Waals surface area contributed by atoms with Crippen molar-refractivity contribution in [1.82, 2.24) is 30.0 Å². The number of nitrogens with one attached hydrogen (secondary N) is 1. The number of likely N-dealkylation sites (tertiary alicyclic amines) is 1. The molecular formula is C27H28Cl2N8O3. The Hall–Kier alpha value is -3.67. The van der Waals surface area contributed by atoms with E-state index in [1.807, 2.05) is 19.1 Å². The van der Waals surface area contributed by atoms with E-state index in [0.717, 1.165) is 55.5 Å². The molecule has 0 saturated carbocycles. The van der Waals surface area contributed by atoms with Crippen molar-refractivity contribution < 1.29 is 14.3 Å².